The van der Waals surface area contributed by atoms with E-state index in [1.165, 1.54) is 5.56 Å². The predicted octanol–water partition coefficient (Wildman–Crippen LogP) is 6.01. The van der Waals surface area contributed by atoms with Gasteiger partial charge < -0.3 is 14.6 Å². The molecule has 0 atom stereocenters. The number of hydrogen-bond acceptors (Lipinski definition) is 4. The Labute approximate surface area is 217 Å². The van der Waals surface area contributed by atoms with E-state index in [2.05, 4.69) is 35.2 Å². The average molecular weight is 506 g/mol. The minimum Gasteiger partial charge on any atom is -0.490 e. The van der Waals surface area contributed by atoms with Gasteiger partial charge in [-0.15, -0.1) is 0 Å². The molecule has 0 spiro atoms. The molecule has 0 saturated carbocycles. The minimum absolute atomic E-state index is 0.124. The van der Waals surface area contributed by atoms with Crippen molar-refractivity contribution >= 4 is 23.1 Å². The fourth-order valence-corrected chi connectivity index (χ4v) is 4.47. The summed E-state index contributed by atoms with van der Waals surface area (Å²) in [7, 11) is 0. The van der Waals surface area contributed by atoms with Gasteiger partial charge in [-0.05, 0) is 77.1 Å². The SMILES string of the molecule is Cc1cc(OC/C=C(/c2ccc(Cl)cc2)c2ccc(CN3CCOCC3)cc2)ccc1CCC(=O)O. The Balaban J connectivity index is 1.48. The lowest BCUT2D eigenvalue weighted by Gasteiger charge is -2.26. The monoisotopic (exact) mass is 505 g/mol. The molecular formula is C30H32ClNO4. The van der Waals surface area contributed by atoms with Crippen LogP contribution >= 0.6 is 11.6 Å². The maximum atomic E-state index is 10.9. The lowest BCUT2D eigenvalue weighted by Crippen LogP contribution is -2.35. The quantitative estimate of drug-likeness (QED) is 0.365. The van der Waals surface area contributed by atoms with Crippen LogP contribution in [0, 0.1) is 6.92 Å². The summed E-state index contributed by atoms with van der Waals surface area (Å²) < 4.78 is 11.5. The number of carboxylic acid groups (broad SMARTS) is 1. The zero-order valence-electron chi connectivity index (χ0n) is 20.6. The van der Waals surface area contributed by atoms with Crippen LogP contribution in [-0.4, -0.2) is 48.9 Å². The number of rotatable bonds is 10. The summed E-state index contributed by atoms with van der Waals surface area (Å²) in [5.41, 5.74) is 6.62. The Bertz CT molecular complexity index is 1180. The van der Waals surface area contributed by atoms with Crippen molar-refractivity contribution in [3.05, 3.63) is 106 Å². The van der Waals surface area contributed by atoms with Crippen LogP contribution in [0.15, 0.2) is 72.8 Å². The van der Waals surface area contributed by atoms with Crippen molar-refractivity contribution in [3.63, 3.8) is 0 Å². The van der Waals surface area contributed by atoms with Crippen molar-refractivity contribution in [1.82, 2.24) is 4.90 Å². The average Bonchev–Trinajstić information content (AvgIpc) is 2.88. The highest BCUT2D eigenvalue weighted by Crippen LogP contribution is 2.26. The summed E-state index contributed by atoms with van der Waals surface area (Å²) in [6.07, 6.45) is 2.73. The number of aryl methyl sites for hydroxylation is 2. The Morgan fingerprint density at radius 1 is 1.03 bits per heavy atom. The molecule has 1 heterocycles. The van der Waals surface area contributed by atoms with Gasteiger partial charge in [0.05, 0.1) is 13.2 Å². The van der Waals surface area contributed by atoms with E-state index in [-0.39, 0.29) is 6.42 Å². The third-order valence-electron chi connectivity index (χ3n) is 6.39. The molecule has 1 fully saturated rings. The van der Waals surface area contributed by atoms with Crippen molar-refractivity contribution in [2.75, 3.05) is 32.9 Å². The lowest BCUT2D eigenvalue weighted by molar-refractivity contribution is -0.136. The zero-order chi connectivity index (χ0) is 25.3. The molecule has 0 bridgehead atoms. The van der Waals surface area contributed by atoms with Gasteiger partial charge in [0.15, 0.2) is 0 Å². The summed E-state index contributed by atoms with van der Waals surface area (Å²) in [5.74, 6) is -0.0251. The molecule has 1 aliphatic rings. The summed E-state index contributed by atoms with van der Waals surface area (Å²) in [5, 5.41) is 9.64. The highest BCUT2D eigenvalue weighted by molar-refractivity contribution is 6.30. The predicted molar refractivity (Wildman–Crippen MR) is 144 cm³/mol. The zero-order valence-corrected chi connectivity index (χ0v) is 21.3. The van der Waals surface area contributed by atoms with Crippen molar-refractivity contribution in [2.45, 2.75) is 26.3 Å². The minimum atomic E-state index is -0.788. The first-order valence-corrected chi connectivity index (χ1v) is 12.7. The van der Waals surface area contributed by atoms with Gasteiger partial charge in [-0.2, -0.15) is 0 Å². The second-order valence-corrected chi connectivity index (χ2v) is 9.44. The standard InChI is InChI=1S/C30H32ClNO4/c1-22-20-28(12-8-24(22)9-13-30(33)34)36-17-14-29(26-6-10-27(31)11-7-26)25-4-2-23(3-5-25)21-32-15-18-35-19-16-32/h2-8,10-12,14,20H,9,13,15-19,21H2,1H3,(H,33,34)/b29-14+. The maximum Gasteiger partial charge on any atom is 0.303 e. The highest BCUT2D eigenvalue weighted by Gasteiger charge is 2.12. The number of benzene rings is 3. The highest BCUT2D eigenvalue weighted by atomic mass is 35.5. The van der Waals surface area contributed by atoms with Crippen LogP contribution in [0.5, 0.6) is 5.75 Å². The van der Waals surface area contributed by atoms with Gasteiger partial charge in [0.2, 0.25) is 0 Å². The molecule has 1 saturated heterocycles. The number of carboxylic acids is 1. The van der Waals surface area contributed by atoms with Gasteiger partial charge in [-0.25, -0.2) is 0 Å². The van der Waals surface area contributed by atoms with Crippen molar-refractivity contribution < 1.29 is 19.4 Å². The molecule has 0 radical (unpaired) electrons. The first kappa shape index (κ1) is 26.0. The van der Waals surface area contributed by atoms with Crippen LogP contribution in [0.4, 0.5) is 0 Å². The van der Waals surface area contributed by atoms with E-state index in [0.717, 1.165) is 66.4 Å². The molecule has 0 aromatic heterocycles. The third kappa shape index (κ3) is 7.44. The number of morpholine rings is 1. The van der Waals surface area contributed by atoms with Crippen LogP contribution in [0.3, 0.4) is 0 Å². The molecule has 5 nitrogen and oxygen atoms in total. The van der Waals surface area contributed by atoms with Crippen LogP contribution in [-0.2, 0) is 22.5 Å². The van der Waals surface area contributed by atoms with Crippen LogP contribution in [0.2, 0.25) is 5.02 Å². The van der Waals surface area contributed by atoms with Crippen LogP contribution in [0.25, 0.3) is 5.57 Å². The largest absolute Gasteiger partial charge is 0.490 e. The second-order valence-electron chi connectivity index (χ2n) is 9.00. The molecule has 0 unspecified atom stereocenters. The van der Waals surface area contributed by atoms with Crippen molar-refractivity contribution in [1.29, 1.82) is 0 Å². The molecule has 3 aromatic carbocycles. The number of carbonyl (C=O) groups is 1. The molecule has 0 aliphatic carbocycles. The van der Waals surface area contributed by atoms with Crippen molar-refractivity contribution in [3.8, 4) is 5.75 Å². The normalized spacial score (nSPS) is 14.6. The Morgan fingerprint density at radius 2 is 1.69 bits per heavy atom. The summed E-state index contributed by atoms with van der Waals surface area (Å²) in [4.78, 5) is 13.3. The Hall–Kier alpha value is -3.12. The fourth-order valence-electron chi connectivity index (χ4n) is 4.34. The third-order valence-corrected chi connectivity index (χ3v) is 6.64. The number of nitrogens with zero attached hydrogens (tertiary/aromatic N) is 1. The molecule has 188 valence electrons. The number of aliphatic carboxylic acids is 1. The smallest absolute Gasteiger partial charge is 0.303 e. The number of ether oxygens (including phenoxy) is 2. The van der Waals surface area contributed by atoms with Gasteiger partial charge >= 0.3 is 5.97 Å². The van der Waals surface area contributed by atoms with Gasteiger partial charge in [0.25, 0.3) is 0 Å². The molecule has 0 amide bonds. The van der Waals surface area contributed by atoms with Crippen LogP contribution in [0.1, 0.15) is 34.2 Å². The van der Waals surface area contributed by atoms with Gasteiger partial charge in [0, 0.05) is 31.1 Å². The van der Waals surface area contributed by atoms with E-state index in [1.807, 2.05) is 49.4 Å². The molecule has 3 aromatic rings. The van der Waals surface area contributed by atoms with E-state index in [1.54, 1.807) is 0 Å². The molecule has 4 rings (SSSR count). The molecule has 6 heteroatoms. The van der Waals surface area contributed by atoms with E-state index in [9.17, 15) is 4.79 Å². The molecule has 36 heavy (non-hydrogen) atoms. The van der Waals surface area contributed by atoms with E-state index >= 15 is 0 Å². The lowest BCUT2D eigenvalue weighted by atomic mass is 9.96. The summed E-state index contributed by atoms with van der Waals surface area (Å²) in [6.45, 7) is 6.84. The molecule has 1 N–H and O–H groups in total. The van der Waals surface area contributed by atoms with E-state index in [0.29, 0.717) is 18.1 Å². The number of hydrogen-bond donors (Lipinski definition) is 1. The summed E-state index contributed by atoms with van der Waals surface area (Å²) in [6, 6.07) is 22.4. The first-order valence-electron chi connectivity index (χ1n) is 12.3. The molecular weight excluding hydrogens is 474 g/mol. The van der Waals surface area contributed by atoms with Crippen LogP contribution < -0.4 is 4.74 Å². The van der Waals surface area contributed by atoms with E-state index < -0.39 is 5.97 Å². The fraction of sp³-hybridized carbons (Fsp3) is 0.300. The van der Waals surface area contributed by atoms with E-state index in [4.69, 9.17) is 26.2 Å². The Morgan fingerprint density at radius 3 is 2.33 bits per heavy atom. The first-order chi connectivity index (χ1) is 17.5. The second kappa shape index (κ2) is 12.7. The maximum absolute atomic E-state index is 10.9. The molecule has 1 aliphatic heterocycles. The number of halogens is 1. The van der Waals surface area contributed by atoms with Gasteiger partial charge in [-0.3, -0.25) is 9.69 Å². The topological polar surface area (TPSA) is 59.0 Å². The Kier molecular flexibility index (Phi) is 9.17. The van der Waals surface area contributed by atoms with Crippen molar-refractivity contribution in [2.24, 2.45) is 0 Å². The summed E-state index contributed by atoms with van der Waals surface area (Å²) >= 11 is 6.14. The van der Waals surface area contributed by atoms with Gasteiger partial charge in [-0.1, -0.05) is 54.1 Å². The van der Waals surface area contributed by atoms with Gasteiger partial charge in [0.1, 0.15) is 12.4 Å².